The van der Waals surface area contributed by atoms with Gasteiger partial charge in [-0.3, -0.25) is 14.6 Å². The molecule has 168 valence electrons. The van der Waals surface area contributed by atoms with Gasteiger partial charge in [0.2, 0.25) is 5.91 Å². The molecule has 1 fully saturated rings. The first-order chi connectivity index (χ1) is 14.8. The summed E-state index contributed by atoms with van der Waals surface area (Å²) in [5.41, 5.74) is 3.92. The number of hydrogen-bond donors (Lipinski definition) is 2. The van der Waals surface area contributed by atoms with Gasteiger partial charge in [-0.1, -0.05) is 19.1 Å². The standard InChI is InChI=1S/C25H36N4O2/c1-6-10-28-14-18(24(30)29(16(4)5)25(31)27-15(2)3)11-20-19-8-7-9-21-23(19)17(13-26-21)12-22(20)28/h7-9,13,15-16,18,20,22,26H,6,10-12,14H2,1-5H3,(H,27,31)/t18?,20?,22-/m1/s1. The van der Waals surface area contributed by atoms with Crippen molar-refractivity contribution in [3.05, 3.63) is 35.5 Å². The summed E-state index contributed by atoms with van der Waals surface area (Å²) in [6.07, 6.45) is 5.02. The van der Waals surface area contributed by atoms with Crippen molar-refractivity contribution < 1.29 is 9.59 Å². The van der Waals surface area contributed by atoms with Crippen LogP contribution in [0, 0.1) is 5.92 Å². The number of carbonyl (C=O) groups excluding carboxylic acids is 2. The summed E-state index contributed by atoms with van der Waals surface area (Å²) < 4.78 is 0. The Morgan fingerprint density at radius 3 is 2.71 bits per heavy atom. The maximum absolute atomic E-state index is 13.7. The van der Waals surface area contributed by atoms with Gasteiger partial charge in [-0.2, -0.15) is 0 Å². The summed E-state index contributed by atoms with van der Waals surface area (Å²) in [7, 11) is 0. The number of aromatic nitrogens is 1. The minimum atomic E-state index is -0.280. The minimum absolute atomic E-state index is 0.00293. The molecule has 0 saturated carbocycles. The smallest absolute Gasteiger partial charge is 0.324 e. The Balaban J connectivity index is 1.67. The van der Waals surface area contributed by atoms with E-state index in [9.17, 15) is 9.59 Å². The highest BCUT2D eigenvalue weighted by atomic mass is 16.2. The lowest BCUT2D eigenvalue weighted by Gasteiger charge is -2.47. The number of piperidine rings is 1. The lowest BCUT2D eigenvalue weighted by molar-refractivity contribution is -0.136. The highest BCUT2D eigenvalue weighted by Gasteiger charge is 2.44. The number of fused-ring (bicyclic) bond motifs is 2. The minimum Gasteiger partial charge on any atom is -0.361 e. The summed E-state index contributed by atoms with van der Waals surface area (Å²) in [6.45, 7) is 11.6. The monoisotopic (exact) mass is 424 g/mol. The quantitative estimate of drug-likeness (QED) is 0.753. The zero-order valence-corrected chi connectivity index (χ0v) is 19.4. The van der Waals surface area contributed by atoms with Gasteiger partial charge in [-0.15, -0.1) is 0 Å². The fraction of sp³-hybridized carbons (Fsp3) is 0.600. The maximum Gasteiger partial charge on any atom is 0.324 e. The van der Waals surface area contributed by atoms with Gasteiger partial charge >= 0.3 is 6.03 Å². The van der Waals surface area contributed by atoms with Crippen molar-refractivity contribution >= 4 is 22.8 Å². The van der Waals surface area contributed by atoms with Crippen LogP contribution in [-0.4, -0.2) is 57.9 Å². The molecule has 4 rings (SSSR count). The van der Waals surface area contributed by atoms with Crippen LogP contribution in [0.25, 0.3) is 10.9 Å². The fourth-order valence-corrected chi connectivity index (χ4v) is 5.62. The zero-order chi connectivity index (χ0) is 22.3. The molecule has 0 radical (unpaired) electrons. The Bertz CT molecular complexity index is 964. The number of H-pyrrole nitrogens is 1. The van der Waals surface area contributed by atoms with Crippen molar-refractivity contribution in [1.29, 1.82) is 0 Å². The molecule has 6 nitrogen and oxygen atoms in total. The van der Waals surface area contributed by atoms with Crippen LogP contribution in [0.4, 0.5) is 4.79 Å². The van der Waals surface area contributed by atoms with E-state index in [1.165, 1.54) is 26.9 Å². The van der Waals surface area contributed by atoms with Crippen LogP contribution < -0.4 is 5.32 Å². The van der Waals surface area contributed by atoms with Crippen LogP contribution in [0.2, 0.25) is 0 Å². The molecule has 1 saturated heterocycles. The topological polar surface area (TPSA) is 68.4 Å². The van der Waals surface area contributed by atoms with Gasteiger partial charge in [0.15, 0.2) is 0 Å². The number of imide groups is 1. The molecule has 2 aromatic rings. The average molecular weight is 425 g/mol. The number of nitrogens with one attached hydrogen (secondary N) is 2. The summed E-state index contributed by atoms with van der Waals surface area (Å²) in [4.78, 5) is 33.9. The van der Waals surface area contributed by atoms with Crippen LogP contribution in [0.3, 0.4) is 0 Å². The summed E-state index contributed by atoms with van der Waals surface area (Å²) in [5.74, 6) is 0.0898. The van der Waals surface area contributed by atoms with Gasteiger partial charge in [0.1, 0.15) is 0 Å². The molecule has 1 aromatic carbocycles. The number of aromatic amines is 1. The SMILES string of the molecule is CCCN1CC(C(=O)N(C(=O)NC(C)C)C(C)C)CC2c3cccc4[nH]cc(c34)C[C@H]21. The first-order valence-corrected chi connectivity index (χ1v) is 11.8. The molecule has 1 aromatic heterocycles. The second-order valence-electron chi connectivity index (χ2n) is 9.80. The third kappa shape index (κ3) is 3.98. The van der Waals surface area contributed by atoms with Crippen molar-refractivity contribution in [1.82, 2.24) is 20.1 Å². The van der Waals surface area contributed by atoms with Gasteiger partial charge in [-0.05, 0) is 70.7 Å². The van der Waals surface area contributed by atoms with Crippen molar-refractivity contribution in [2.45, 2.75) is 77.9 Å². The Labute approximate surface area is 185 Å². The number of rotatable bonds is 5. The molecule has 6 heteroatoms. The van der Waals surface area contributed by atoms with Crippen molar-refractivity contribution in [2.24, 2.45) is 5.92 Å². The van der Waals surface area contributed by atoms with E-state index >= 15 is 0 Å². The largest absolute Gasteiger partial charge is 0.361 e. The molecule has 0 spiro atoms. The molecule has 2 aliphatic rings. The number of urea groups is 1. The summed E-state index contributed by atoms with van der Waals surface area (Å²) in [5, 5.41) is 4.25. The van der Waals surface area contributed by atoms with Gasteiger partial charge in [0, 0.05) is 47.7 Å². The summed E-state index contributed by atoms with van der Waals surface area (Å²) >= 11 is 0. The number of carbonyl (C=O) groups is 2. The van der Waals surface area contributed by atoms with Crippen molar-refractivity contribution in [2.75, 3.05) is 13.1 Å². The average Bonchev–Trinajstić information content (AvgIpc) is 3.12. The summed E-state index contributed by atoms with van der Waals surface area (Å²) in [6, 6.07) is 6.44. The van der Waals surface area contributed by atoms with Crippen molar-refractivity contribution in [3.63, 3.8) is 0 Å². The fourth-order valence-electron chi connectivity index (χ4n) is 5.62. The molecule has 1 aliphatic heterocycles. The van der Waals surface area contributed by atoms with E-state index in [2.05, 4.69) is 46.5 Å². The molecule has 0 bridgehead atoms. The number of nitrogens with zero attached hydrogens (tertiary/aromatic N) is 2. The predicted molar refractivity (Wildman–Crippen MR) is 124 cm³/mol. The molecule has 2 N–H and O–H groups in total. The number of benzene rings is 1. The maximum atomic E-state index is 13.7. The van der Waals surface area contributed by atoms with Gasteiger partial charge in [0.05, 0.1) is 5.92 Å². The van der Waals surface area contributed by atoms with E-state index in [4.69, 9.17) is 0 Å². The molecule has 3 amide bonds. The second-order valence-corrected chi connectivity index (χ2v) is 9.80. The zero-order valence-electron chi connectivity index (χ0n) is 19.4. The Morgan fingerprint density at radius 1 is 1.26 bits per heavy atom. The van der Waals surface area contributed by atoms with E-state index in [-0.39, 0.29) is 29.9 Å². The first kappa shape index (κ1) is 21.9. The van der Waals surface area contributed by atoms with E-state index in [0.29, 0.717) is 12.0 Å². The molecule has 1 aliphatic carbocycles. The van der Waals surface area contributed by atoms with Crippen LogP contribution in [-0.2, 0) is 11.2 Å². The van der Waals surface area contributed by atoms with Crippen LogP contribution in [0.1, 0.15) is 64.5 Å². The van der Waals surface area contributed by atoms with E-state index < -0.39 is 0 Å². The van der Waals surface area contributed by atoms with E-state index in [0.717, 1.165) is 32.4 Å². The molecule has 2 heterocycles. The van der Waals surface area contributed by atoms with Crippen LogP contribution in [0.15, 0.2) is 24.4 Å². The normalized spacial score (nSPS) is 23.3. The van der Waals surface area contributed by atoms with Crippen LogP contribution >= 0.6 is 0 Å². The Hall–Kier alpha value is -2.34. The van der Waals surface area contributed by atoms with E-state index in [1.807, 2.05) is 27.7 Å². The third-order valence-electron chi connectivity index (χ3n) is 6.82. The van der Waals surface area contributed by atoms with Crippen molar-refractivity contribution in [3.8, 4) is 0 Å². The van der Waals surface area contributed by atoms with Gasteiger partial charge in [0.25, 0.3) is 0 Å². The molecule has 2 unspecified atom stereocenters. The van der Waals surface area contributed by atoms with E-state index in [1.54, 1.807) is 0 Å². The number of hydrogen-bond acceptors (Lipinski definition) is 3. The van der Waals surface area contributed by atoms with Crippen LogP contribution in [0.5, 0.6) is 0 Å². The van der Waals surface area contributed by atoms with Gasteiger partial charge in [-0.25, -0.2) is 4.79 Å². The third-order valence-corrected chi connectivity index (χ3v) is 6.82. The first-order valence-electron chi connectivity index (χ1n) is 11.8. The second kappa shape index (κ2) is 8.65. The molecular weight excluding hydrogens is 388 g/mol. The molecule has 31 heavy (non-hydrogen) atoms. The lowest BCUT2D eigenvalue weighted by Crippen LogP contribution is -2.57. The number of likely N-dealkylation sites (tertiary alicyclic amines) is 1. The lowest BCUT2D eigenvalue weighted by atomic mass is 9.72. The Kier molecular flexibility index (Phi) is 6.11. The number of amides is 3. The highest BCUT2D eigenvalue weighted by molar-refractivity contribution is 5.96. The Morgan fingerprint density at radius 2 is 2.03 bits per heavy atom. The highest BCUT2D eigenvalue weighted by Crippen LogP contribution is 2.45. The molecule has 3 atom stereocenters. The molecular formula is C25H36N4O2. The van der Waals surface area contributed by atoms with Gasteiger partial charge < -0.3 is 10.3 Å². The predicted octanol–water partition coefficient (Wildman–Crippen LogP) is 4.26.